The first kappa shape index (κ1) is 101. The monoisotopic (exact) mass is 1520 g/mol. The van der Waals surface area contributed by atoms with Crippen molar-refractivity contribution >= 4 is 39.5 Å². The number of carbonyl (C=O) groups excluding carboxylic acids is 4. The molecule has 0 aliphatic rings. The van der Waals surface area contributed by atoms with E-state index in [2.05, 4.69) is 186 Å². The quantitative estimate of drug-likeness (QED) is 0.0169. The predicted molar refractivity (Wildman–Crippen MR) is 436 cm³/mol. The minimum absolute atomic E-state index is 0.0295. The van der Waals surface area contributed by atoms with Crippen molar-refractivity contribution in [1.82, 2.24) is 0 Å². The van der Waals surface area contributed by atoms with Crippen LogP contribution in [0.15, 0.2) is 158 Å². The maximum absolute atomic E-state index is 13.1. The first-order chi connectivity index (χ1) is 51.7. The number of allylic oxidation sites excluding steroid dienone is 26. The second-order valence-electron chi connectivity index (χ2n) is 26.6. The van der Waals surface area contributed by atoms with Crippen LogP contribution in [0, 0.1) is 0 Å². The van der Waals surface area contributed by atoms with Crippen molar-refractivity contribution < 1.29 is 80.2 Å². The third-order valence-corrected chi connectivity index (χ3v) is 18.4. The zero-order chi connectivity index (χ0) is 77.4. The van der Waals surface area contributed by atoms with E-state index in [-0.39, 0.29) is 25.7 Å². The fraction of sp³-hybridized carbons (Fsp3) is 0.655. The molecule has 0 aromatic carbocycles. The molecule has 19 heteroatoms. The van der Waals surface area contributed by atoms with Gasteiger partial charge in [-0.15, -0.1) is 0 Å². The predicted octanol–water partition coefficient (Wildman–Crippen LogP) is 24.0. The first-order valence-corrected chi connectivity index (χ1v) is 43.7. The molecule has 0 fully saturated rings. The van der Waals surface area contributed by atoms with Gasteiger partial charge in [-0.1, -0.05) is 269 Å². The zero-order valence-electron chi connectivity index (χ0n) is 66.1. The van der Waals surface area contributed by atoms with E-state index in [1.165, 1.54) is 44.9 Å². The van der Waals surface area contributed by atoms with Crippen LogP contribution in [-0.2, 0) is 65.4 Å². The molecule has 0 radical (unpaired) electrons. The number of phosphoric ester groups is 2. The summed E-state index contributed by atoms with van der Waals surface area (Å²) < 4.78 is 68.6. The van der Waals surface area contributed by atoms with Crippen LogP contribution in [0.3, 0.4) is 0 Å². The average Bonchev–Trinajstić information content (AvgIpc) is 0.933. The summed E-state index contributed by atoms with van der Waals surface area (Å²) in [7, 11) is -10.00. The van der Waals surface area contributed by atoms with Crippen LogP contribution in [0.25, 0.3) is 0 Å². The van der Waals surface area contributed by atoms with Crippen LogP contribution in [0.5, 0.6) is 0 Å². The van der Waals surface area contributed by atoms with Gasteiger partial charge in [-0.05, 0) is 173 Å². The molecule has 0 spiro atoms. The Bertz CT molecular complexity index is 2630. The second kappa shape index (κ2) is 77.8. The lowest BCUT2D eigenvalue weighted by Crippen LogP contribution is -2.30. The summed E-state index contributed by atoms with van der Waals surface area (Å²) in [5.74, 6) is -2.29. The Hall–Kier alpha value is -5.32. The van der Waals surface area contributed by atoms with Gasteiger partial charge in [0.25, 0.3) is 0 Å². The fourth-order valence-corrected chi connectivity index (χ4v) is 11.9. The third-order valence-electron chi connectivity index (χ3n) is 16.5. The first-order valence-electron chi connectivity index (χ1n) is 40.7. The van der Waals surface area contributed by atoms with Crippen LogP contribution in [-0.4, -0.2) is 96.7 Å². The van der Waals surface area contributed by atoms with E-state index < -0.39 is 97.5 Å². The highest BCUT2D eigenvalue weighted by atomic mass is 31.2. The van der Waals surface area contributed by atoms with E-state index in [0.29, 0.717) is 32.1 Å². The number of aliphatic hydroxyl groups is 1. The van der Waals surface area contributed by atoms with Crippen molar-refractivity contribution in [2.45, 2.75) is 329 Å². The molecule has 0 saturated heterocycles. The van der Waals surface area contributed by atoms with Gasteiger partial charge in [0.2, 0.25) is 0 Å². The van der Waals surface area contributed by atoms with Gasteiger partial charge in [-0.2, -0.15) is 0 Å². The molecule has 604 valence electrons. The number of unbranched alkanes of at least 4 members (excludes halogenated alkanes) is 23. The molecule has 106 heavy (non-hydrogen) atoms. The molecule has 0 aliphatic heterocycles. The van der Waals surface area contributed by atoms with Crippen molar-refractivity contribution in [2.75, 3.05) is 39.6 Å². The van der Waals surface area contributed by atoms with E-state index >= 15 is 0 Å². The van der Waals surface area contributed by atoms with Gasteiger partial charge in [-0.3, -0.25) is 37.3 Å². The van der Waals surface area contributed by atoms with Crippen molar-refractivity contribution in [3.05, 3.63) is 158 Å². The standard InChI is InChI=1S/C87H144O17P2/c1-5-9-13-17-21-25-29-33-36-38-40-42-45-48-51-55-59-63-67-71-84(89)97-77-82(103-86(91)73-69-65-61-57-53-47-32-28-24-20-16-12-8-4)79-101-105(93,94)99-75-81(88)76-100-106(95,96)102-80-83(104-87(92)74-70-66-62-58-54-50-44-35-31-27-23-19-15-11-7-3)78-98-85(90)72-68-64-60-56-52-49-46-43-41-39-37-34-30-26-22-18-14-10-6-2/h10-11,14-15,21-23,25-28,32-37,40-44,49,52,54,58,81-83,88H,5-9,12-13,16-20,24,29-31,38-39,45-48,50-51,53,55-57,59-80H2,1-4H3,(H,93,94)(H,95,96)/b14-10-,15-11-,25-21-,26-22-,27-23-,32-28-,36-33-,37-34-,42-40-,43-41-,44-35-,52-49-,58-54-. The van der Waals surface area contributed by atoms with Crippen LogP contribution in [0.4, 0.5) is 0 Å². The van der Waals surface area contributed by atoms with E-state index in [1.807, 2.05) is 0 Å². The molecule has 0 rings (SSSR count). The maximum Gasteiger partial charge on any atom is 0.472 e. The number of ether oxygens (including phenoxy) is 4. The molecule has 0 aromatic rings. The summed E-state index contributed by atoms with van der Waals surface area (Å²) >= 11 is 0. The third kappa shape index (κ3) is 76.9. The largest absolute Gasteiger partial charge is 0.472 e. The highest BCUT2D eigenvalue weighted by Crippen LogP contribution is 2.45. The average molecular weight is 1520 g/mol. The van der Waals surface area contributed by atoms with Gasteiger partial charge in [0.05, 0.1) is 26.4 Å². The van der Waals surface area contributed by atoms with Crippen molar-refractivity contribution in [3.63, 3.8) is 0 Å². The van der Waals surface area contributed by atoms with Crippen LogP contribution < -0.4 is 0 Å². The second-order valence-corrected chi connectivity index (χ2v) is 29.5. The summed E-state index contributed by atoms with van der Waals surface area (Å²) in [5, 5.41) is 10.6. The number of rotatable bonds is 75. The summed E-state index contributed by atoms with van der Waals surface area (Å²) in [5.41, 5.74) is 0. The summed E-state index contributed by atoms with van der Waals surface area (Å²) in [4.78, 5) is 73.1. The molecule has 0 bridgehead atoms. The number of phosphoric acid groups is 2. The Labute approximate surface area is 642 Å². The lowest BCUT2D eigenvalue weighted by Gasteiger charge is -2.21. The summed E-state index contributed by atoms with van der Waals surface area (Å²) in [6.45, 7) is 4.49. The number of esters is 4. The molecule has 0 saturated carbocycles. The lowest BCUT2D eigenvalue weighted by atomic mass is 10.1. The van der Waals surface area contributed by atoms with Crippen LogP contribution in [0.1, 0.15) is 310 Å². The van der Waals surface area contributed by atoms with E-state index in [1.54, 1.807) is 0 Å². The Kier molecular flexibility index (Phi) is 73.9. The molecule has 0 aromatic heterocycles. The number of aliphatic hydroxyl groups excluding tert-OH is 1. The molecular formula is C87H144O17P2. The summed E-state index contributed by atoms with van der Waals surface area (Å²) in [6, 6.07) is 0. The molecular weight excluding hydrogens is 1380 g/mol. The van der Waals surface area contributed by atoms with Gasteiger partial charge in [0.1, 0.15) is 19.3 Å². The fourth-order valence-electron chi connectivity index (χ4n) is 10.3. The molecule has 0 aliphatic carbocycles. The molecule has 5 atom stereocenters. The van der Waals surface area contributed by atoms with E-state index in [0.717, 1.165) is 180 Å². The molecule has 5 unspecified atom stereocenters. The van der Waals surface area contributed by atoms with Gasteiger partial charge < -0.3 is 33.8 Å². The smallest absolute Gasteiger partial charge is 0.462 e. The molecule has 0 amide bonds. The number of hydrogen-bond acceptors (Lipinski definition) is 15. The molecule has 0 heterocycles. The van der Waals surface area contributed by atoms with Gasteiger partial charge in [-0.25, -0.2) is 9.13 Å². The van der Waals surface area contributed by atoms with E-state index in [4.69, 9.17) is 37.0 Å². The number of carbonyl (C=O) groups is 4. The van der Waals surface area contributed by atoms with E-state index in [9.17, 15) is 43.2 Å². The van der Waals surface area contributed by atoms with Gasteiger partial charge in [0.15, 0.2) is 12.2 Å². The van der Waals surface area contributed by atoms with Crippen LogP contribution in [0.2, 0.25) is 0 Å². The maximum atomic E-state index is 13.1. The summed E-state index contributed by atoms with van der Waals surface area (Å²) in [6.07, 6.45) is 90.8. The Morgan fingerprint density at radius 3 is 0.811 bits per heavy atom. The highest BCUT2D eigenvalue weighted by Gasteiger charge is 2.30. The SMILES string of the molecule is CC/C=C\C/C=C\C/C=C\C/C=C\C/C=C\CCCCCC(=O)OCC(COP(=O)(O)OCC(O)COP(=O)(O)OCC(COC(=O)CCCCCCCC/C=C\C/C=C\C/C=C\CCCCC)OC(=O)CCCCCCC/C=C\CCCCCC)OC(=O)CCCC/C=C\C/C=C\C/C=C\C/C=C\CC. The van der Waals surface area contributed by atoms with Crippen molar-refractivity contribution in [3.8, 4) is 0 Å². The zero-order valence-corrected chi connectivity index (χ0v) is 67.8. The topological polar surface area (TPSA) is 237 Å². The van der Waals surface area contributed by atoms with Crippen molar-refractivity contribution in [2.24, 2.45) is 0 Å². The Morgan fingerprint density at radius 2 is 0.491 bits per heavy atom. The Morgan fingerprint density at radius 1 is 0.274 bits per heavy atom. The molecule has 17 nitrogen and oxygen atoms in total. The lowest BCUT2D eigenvalue weighted by molar-refractivity contribution is -0.161. The normalized spacial score (nSPS) is 14.7. The minimum Gasteiger partial charge on any atom is -0.462 e. The minimum atomic E-state index is -5.00. The van der Waals surface area contributed by atoms with Gasteiger partial charge in [0, 0.05) is 25.7 Å². The molecule has 3 N–H and O–H groups in total. The van der Waals surface area contributed by atoms with Crippen LogP contribution >= 0.6 is 15.6 Å². The Balaban J connectivity index is 5.43. The number of hydrogen-bond donors (Lipinski definition) is 3. The van der Waals surface area contributed by atoms with Crippen molar-refractivity contribution in [1.29, 1.82) is 0 Å². The highest BCUT2D eigenvalue weighted by molar-refractivity contribution is 7.47. The van der Waals surface area contributed by atoms with Gasteiger partial charge >= 0.3 is 39.5 Å².